The van der Waals surface area contributed by atoms with Gasteiger partial charge < -0.3 is 5.21 Å². The van der Waals surface area contributed by atoms with E-state index in [2.05, 4.69) is 5.16 Å². The fourth-order valence-electron chi connectivity index (χ4n) is 2.59. The number of rotatable bonds is 1. The standard InChI is InChI=1S/C16H14N2O2/c1-10(17-20)12-7-8-14-13-5-3-4-6-15(13)18(11(2)19)16(14)9-12/h3-9,20H,1-2H3/b17-10+. The van der Waals surface area contributed by atoms with Gasteiger partial charge in [0, 0.05) is 23.3 Å². The quantitative estimate of drug-likeness (QED) is 0.415. The average molecular weight is 266 g/mol. The van der Waals surface area contributed by atoms with E-state index >= 15 is 0 Å². The van der Waals surface area contributed by atoms with E-state index in [-0.39, 0.29) is 5.91 Å². The molecule has 0 radical (unpaired) electrons. The number of hydrogen-bond acceptors (Lipinski definition) is 3. The Hall–Kier alpha value is -2.62. The van der Waals surface area contributed by atoms with E-state index in [0.717, 1.165) is 27.4 Å². The van der Waals surface area contributed by atoms with Crippen molar-refractivity contribution >= 4 is 33.4 Å². The van der Waals surface area contributed by atoms with Crippen LogP contribution in [-0.2, 0) is 0 Å². The molecule has 0 saturated heterocycles. The molecule has 1 aromatic heterocycles. The number of oxime groups is 1. The molecule has 0 aliphatic heterocycles. The molecular weight excluding hydrogens is 252 g/mol. The summed E-state index contributed by atoms with van der Waals surface area (Å²) in [6, 6.07) is 13.6. The van der Waals surface area contributed by atoms with E-state index in [1.165, 1.54) is 0 Å². The minimum absolute atomic E-state index is 0.0352. The second kappa shape index (κ2) is 4.49. The molecule has 20 heavy (non-hydrogen) atoms. The molecule has 4 heteroatoms. The number of aromatic nitrogens is 1. The van der Waals surface area contributed by atoms with E-state index in [4.69, 9.17) is 5.21 Å². The van der Waals surface area contributed by atoms with Crippen molar-refractivity contribution in [3.8, 4) is 0 Å². The summed E-state index contributed by atoms with van der Waals surface area (Å²) in [5, 5.41) is 14.2. The average Bonchev–Trinajstić information content (AvgIpc) is 2.80. The Morgan fingerprint density at radius 2 is 1.75 bits per heavy atom. The van der Waals surface area contributed by atoms with Crippen LogP contribution >= 0.6 is 0 Å². The lowest BCUT2D eigenvalue weighted by Gasteiger charge is -2.03. The first-order chi connectivity index (χ1) is 9.63. The molecule has 2 aromatic carbocycles. The van der Waals surface area contributed by atoms with Gasteiger partial charge >= 0.3 is 0 Å². The molecular formula is C16H14N2O2. The summed E-state index contributed by atoms with van der Waals surface area (Å²) in [4.78, 5) is 12.0. The molecule has 0 fully saturated rings. The molecule has 1 N–H and O–H groups in total. The van der Waals surface area contributed by atoms with E-state index in [0.29, 0.717) is 5.71 Å². The molecule has 0 unspecified atom stereocenters. The summed E-state index contributed by atoms with van der Waals surface area (Å²) < 4.78 is 1.69. The van der Waals surface area contributed by atoms with Gasteiger partial charge in [0.05, 0.1) is 16.7 Å². The molecule has 3 rings (SSSR count). The second-order valence-electron chi connectivity index (χ2n) is 4.79. The molecule has 3 aromatic rings. The van der Waals surface area contributed by atoms with Crippen LogP contribution in [-0.4, -0.2) is 21.4 Å². The predicted molar refractivity (Wildman–Crippen MR) is 79.7 cm³/mol. The Morgan fingerprint density at radius 3 is 2.45 bits per heavy atom. The van der Waals surface area contributed by atoms with Gasteiger partial charge in [0.15, 0.2) is 0 Å². The molecule has 0 amide bonds. The SMILES string of the molecule is CC(=O)n1c2ccccc2c2ccc(/C(C)=N/O)cc21. The normalized spacial score (nSPS) is 12.2. The lowest BCUT2D eigenvalue weighted by Crippen LogP contribution is -2.05. The minimum Gasteiger partial charge on any atom is -0.411 e. The van der Waals surface area contributed by atoms with Gasteiger partial charge in [-0.2, -0.15) is 0 Å². The summed E-state index contributed by atoms with van der Waals surface area (Å²) in [6.45, 7) is 3.27. The van der Waals surface area contributed by atoms with Crippen molar-refractivity contribution in [3.05, 3.63) is 48.0 Å². The first-order valence-electron chi connectivity index (χ1n) is 6.36. The number of hydrogen-bond donors (Lipinski definition) is 1. The highest BCUT2D eigenvalue weighted by molar-refractivity contribution is 6.14. The maximum atomic E-state index is 12.0. The Kier molecular flexibility index (Phi) is 2.79. The number of para-hydroxylation sites is 1. The summed E-state index contributed by atoms with van der Waals surface area (Å²) in [5.74, 6) is -0.0352. The van der Waals surface area contributed by atoms with Crippen molar-refractivity contribution in [2.24, 2.45) is 5.16 Å². The van der Waals surface area contributed by atoms with Crippen molar-refractivity contribution in [1.29, 1.82) is 0 Å². The maximum Gasteiger partial charge on any atom is 0.228 e. The van der Waals surface area contributed by atoms with Gasteiger partial charge in [0.1, 0.15) is 0 Å². The molecule has 1 heterocycles. The highest BCUT2D eigenvalue weighted by Crippen LogP contribution is 2.29. The predicted octanol–water partition coefficient (Wildman–Crippen LogP) is 3.65. The van der Waals surface area contributed by atoms with Crippen molar-refractivity contribution < 1.29 is 10.0 Å². The van der Waals surface area contributed by atoms with Gasteiger partial charge in [0.2, 0.25) is 5.91 Å². The third-order valence-electron chi connectivity index (χ3n) is 3.56. The summed E-state index contributed by atoms with van der Waals surface area (Å²) in [6.07, 6.45) is 0. The monoisotopic (exact) mass is 266 g/mol. The molecule has 0 aliphatic rings. The van der Waals surface area contributed by atoms with Gasteiger partial charge in [-0.15, -0.1) is 0 Å². The van der Waals surface area contributed by atoms with Crippen molar-refractivity contribution in [2.75, 3.05) is 0 Å². The van der Waals surface area contributed by atoms with Crippen LogP contribution < -0.4 is 0 Å². The Morgan fingerprint density at radius 1 is 1.05 bits per heavy atom. The highest BCUT2D eigenvalue weighted by Gasteiger charge is 2.13. The fourth-order valence-corrected chi connectivity index (χ4v) is 2.59. The molecule has 0 bridgehead atoms. The van der Waals surface area contributed by atoms with Gasteiger partial charge in [0.25, 0.3) is 0 Å². The van der Waals surface area contributed by atoms with E-state index in [1.54, 1.807) is 18.4 Å². The van der Waals surface area contributed by atoms with Crippen LogP contribution in [0.2, 0.25) is 0 Å². The van der Waals surface area contributed by atoms with Crippen LogP contribution in [0, 0.1) is 0 Å². The first-order valence-corrected chi connectivity index (χ1v) is 6.36. The summed E-state index contributed by atoms with van der Waals surface area (Å²) in [5.41, 5.74) is 3.04. The van der Waals surface area contributed by atoms with Crippen LogP contribution in [0.25, 0.3) is 21.8 Å². The summed E-state index contributed by atoms with van der Waals surface area (Å²) in [7, 11) is 0. The van der Waals surface area contributed by atoms with Crippen molar-refractivity contribution in [3.63, 3.8) is 0 Å². The number of carbonyl (C=O) groups excluding carboxylic acids is 1. The zero-order valence-corrected chi connectivity index (χ0v) is 11.3. The highest BCUT2D eigenvalue weighted by atomic mass is 16.4. The van der Waals surface area contributed by atoms with E-state index in [1.807, 2.05) is 42.5 Å². The smallest absolute Gasteiger partial charge is 0.228 e. The molecule has 0 aliphatic carbocycles. The zero-order chi connectivity index (χ0) is 14.3. The van der Waals surface area contributed by atoms with Crippen LogP contribution in [0.4, 0.5) is 0 Å². The first kappa shape index (κ1) is 12.4. The third kappa shape index (κ3) is 1.69. The number of carbonyl (C=O) groups is 1. The minimum atomic E-state index is -0.0352. The largest absolute Gasteiger partial charge is 0.411 e. The maximum absolute atomic E-state index is 12.0. The van der Waals surface area contributed by atoms with Gasteiger partial charge in [-0.25, -0.2) is 0 Å². The van der Waals surface area contributed by atoms with Gasteiger partial charge in [-0.1, -0.05) is 35.5 Å². The third-order valence-corrected chi connectivity index (χ3v) is 3.56. The fraction of sp³-hybridized carbons (Fsp3) is 0.125. The van der Waals surface area contributed by atoms with Crippen LogP contribution in [0.15, 0.2) is 47.6 Å². The lowest BCUT2D eigenvalue weighted by molar-refractivity contribution is 0.0946. The molecule has 4 nitrogen and oxygen atoms in total. The second-order valence-corrected chi connectivity index (χ2v) is 4.79. The van der Waals surface area contributed by atoms with Crippen molar-refractivity contribution in [2.45, 2.75) is 13.8 Å². The van der Waals surface area contributed by atoms with Gasteiger partial charge in [-0.3, -0.25) is 9.36 Å². The van der Waals surface area contributed by atoms with Crippen LogP contribution in [0.1, 0.15) is 24.2 Å². The number of fused-ring (bicyclic) bond motifs is 3. The van der Waals surface area contributed by atoms with Gasteiger partial charge in [-0.05, 0) is 19.1 Å². The van der Waals surface area contributed by atoms with E-state index < -0.39 is 0 Å². The molecule has 0 atom stereocenters. The Bertz CT molecular complexity index is 859. The molecule has 0 spiro atoms. The van der Waals surface area contributed by atoms with Crippen LogP contribution in [0.5, 0.6) is 0 Å². The molecule has 0 saturated carbocycles. The lowest BCUT2D eigenvalue weighted by atomic mass is 10.1. The number of nitrogens with zero attached hydrogens (tertiary/aromatic N) is 2. The molecule has 100 valence electrons. The number of benzene rings is 2. The Balaban J connectivity index is 2.48. The zero-order valence-electron chi connectivity index (χ0n) is 11.3. The topological polar surface area (TPSA) is 54.6 Å². The van der Waals surface area contributed by atoms with Crippen molar-refractivity contribution in [1.82, 2.24) is 4.57 Å². The summed E-state index contributed by atoms with van der Waals surface area (Å²) >= 11 is 0. The van der Waals surface area contributed by atoms with E-state index in [9.17, 15) is 4.79 Å². The van der Waals surface area contributed by atoms with Crippen LogP contribution in [0.3, 0.4) is 0 Å². The Labute approximate surface area is 115 Å².